The summed E-state index contributed by atoms with van der Waals surface area (Å²) < 4.78 is 14.1. The summed E-state index contributed by atoms with van der Waals surface area (Å²) in [5, 5.41) is 0. The number of ether oxygens (including phenoxy) is 2. The first-order valence-electron chi connectivity index (χ1n) is 19.7. The first-order valence-corrected chi connectivity index (χ1v) is 19.7. The third-order valence-corrected chi connectivity index (χ3v) is 15.7. The van der Waals surface area contributed by atoms with Gasteiger partial charge in [-0.3, -0.25) is 4.90 Å². The van der Waals surface area contributed by atoms with Gasteiger partial charge in [0.1, 0.15) is 0 Å². The van der Waals surface area contributed by atoms with Gasteiger partial charge in [0.05, 0.1) is 36.5 Å². The zero-order valence-corrected chi connectivity index (χ0v) is 28.2. The van der Waals surface area contributed by atoms with E-state index in [1.165, 1.54) is 96.3 Å². The molecule has 6 aliphatic carbocycles. The molecule has 0 amide bonds. The molecule has 0 spiro atoms. The first-order chi connectivity index (χ1) is 21.4. The Hall–Kier alpha value is -0.840. The molecule has 10 rings (SSSR count). The zero-order valence-electron chi connectivity index (χ0n) is 28.2. The molecule has 17 unspecified atom stereocenters. The smallest absolute Gasteiger partial charge is 0.0791 e. The van der Waals surface area contributed by atoms with Crippen LogP contribution >= 0.6 is 0 Å². The van der Waals surface area contributed by atoms with Gasteiger partial charge in [0.25, 0.3) is 0 Å². The molecule has 0 bridgehead atoms. The molecule has 0 N–H and O–H groups in total. The minimum Gasteiger partial charge on any atom is -0.372 e. The number of allylic oxidation sites excluding steroid dienone is 3. The molecule has 0 aromatic carbocycles. The molecular weight excluding hydrogens is 540 g/mol. The van der Waals surface area contributed by atoms with E-state index in [1.54, 1.807) is 11.3 Å². The number of hydrogen-bond donors (Lipinski definition) is 0. The number of morpholine rings is 2. The second-order valence-electron chi connectivity index (χ2n) is 18.5. The molecule has 17 atom stereocenters. The molecule has 3 saturated heterocycles. The maximum absolute atomic E-state index is 7.08. The van der Waals surface area contributed by atoms with Gasteiger partial charge in [-0.1, -0.05) is 39.3 Å². The van der Waals surface area contributed by atoms with Gasteiger partial charge in [-0.25, -0.2) is 0 Å². The van der Waals surface area contributed by atoms with Crippen LogP contribution in [0.4, 0.5) is 0 Å². The Morgan fingerprint density at radius 3 is 2.02 bits per heavy atom. The lowest BCUT2D eigenvalue weighted by molar-refractivity contribution is -0.187. The van der Waals surface area contributed by atoms with Crippen LogP contribution in [0.5, 0.6) is 0 Å². The third kappa shape index (κ3) is 4.11. The average Bonchev–Trinajstić information content (AvgIpc) is 3.50. The summed E-state index contributed by atoms with van der Waals surface area (Å²) in [6.07, 6.45) is 25.3. The van der Waals surface area contributed by atoms with Gasteiger partial charge < -0.3 is 14.4 Å². The van der Waals surface area contributed by atoms with Gasteiger partial charge in [0, 0.05) is 29.7 Å². The first kappa shape index (κ1) is 28.2. The standard InChI is InChI=1S/C40H60N2O2/c1-21-5-9-33-35(15-21)43-37-17-23(3)13-29-27-19-25(7-11-31(27)41(33)39(29)37)26-8-12-32-28(20-26)30-14-24(4)18-38-40(30)42(32)34-10-6-22(2)16-36(34)44-38/h19,21-24,26,28-30,32-40H,5-18,20H2,1-4H3. The normalized spacial score (nSPS) is 56.1. The maximum Gasteiger partial charge on any atom is 0.0791 e. The van der Waals surface area contributed by atoms with Crippen LogP contribution in [0.15, 0.2) is 22.9 Å². The maximum atomic E-state index is 7.08. The Bertz CT molecular complexity index is 1230. The van der Waals surface area contributed by atoms with Crippen molar-refractivity contribution in [2.45, 2.75) is 179 Å². The third-order valence-electron chi connectivity index (χ3n) is 15.7. The fourth-order valence-electron chi connectivity index (χ4n) is 14.1. The molecule has 0 aromatic heterocycles. The van der Waals surface area contributed by atoms with E-state index in [0.717, 1.165) is 53.5 Å². The Labute approximate surface area is 267 Å². The Morgan fingerprint density at radius 2 is 1.23 bits per heavy atom. The summed E-state index contributed by atoms with van der Waals surface area (Å²) in [7, 11) is 0. The van der Waals surface area contributed by atoms with E-state index in [0.29, 0.717) is 48.5 Å². The number of fused-ring (bicyclic) bond motifs is 9. The lowest BCUT2D eigenvalue weighted by Gasteiger charge is -2.55. The van der Waals surface area contributed by atoms with Crippen LogP contribution in [-0.4, -0.2) is 64.4 Å². The van der Waals surface area contributed by atoms with Crippen molar-refractivity contribution in [2.24, 2.45) is 47.3 Å². The van der Waals surface area contributed by atoms with Gasteiger partial charge in [-0.15, -0.1) is 0 Å². The highest BCUT2D eigenvalue weighted by atomic mass is 16.5. The minimum absolute atomic E-state index is 0.458. The Morgan fingerprint density at radius 1 is 0.568 bits per heavy atom. The summed E-state index contributed by atoms with van der Waals surface area (Å²) in [6, 6.07) is 3.55. The van der Waals surface area contributed by atoms with Crippen molar-refractivity contribution in [1.82, 2.24) is 9.80 Å². The highest BCUT2D eigenvalue weighted by molar-refractivity contribution is 5.43. The Balaban J connectivity index is 0.944. The van der Waals surface area contributed by atoms with E-state index in [9.17, 15) is 0 Å². The van der Waals surface area contributed by atoms with Crippen LogP contribution in [0.25, 0.3) is 0 Å². The van der Waals surface area contributed by atoms with Crippen LogP contribution in [-0.2, 0) is 9.47 Å². The van der Waals surface area contributed by atoms with Crippen molar-refractivity contribution in [3.8, 4) is 0 Å². The summed E-state index contributed by atoms with van der Waals surface area (Å²) in [5.41, 5.74) is 5.43. The van der Waals surface area contributed by atoms with Gasteiger partial charge in [-0.2, -0.15) is 0 Å². The van der Waals surface area contributed by atoms with Crippen LogP contribution < -0.4 is 0 Å². The number of nitrogens with zero attached hydrogens (tertiary/aromatic N) is 2. The Kier molecular flexibility index (Phi) is 6.62. The molecule has 4 aliphatic heterocycles. The van der Waals surface area contributed by atoms with Crippen LogP contribution in [0.1, 0.15) is 124 Å². The summed E-state index contributed by atoms with van der Waals surface area (Å²) >= 11 is 0. The van der Waals surface area contributed by atoms with E-state index >= 15 is 0 Å². The van der Waals surface area contributed by atoms with Crippen molar-refractivity contribution >= 4 is 0 Å². The van der Waals surface area contributed by atoms with E-state index < -0.39 is 0 Å². The largest absolute Gasteiger partial charge is 0.372 e. The lowest BCUT2D eigenvalue weighted by Crippen LogP contribution is -2.64. The molecule has 4 heterocycles. The van der Waals surface area contributed by atoms with Gasteiger partial charge in [0.15, 0.2) is 0 Å². The van der Waals surface area contributed by atoms with Crippen LogP contribution in [0, 0.1) is 47.3 Å². The SMILES string of the molecule is CC1CCC2C(C1)OC1CC(C)CC3C4=C(CCC(C5CCC6C(C5)C5CC(C)CC7OC8CC(C)CCC8N6C75)=C4)N2C13. The molecule has 4 nitrogen and oxygen atoms in total. The molecule has 10 aliphatic rings. The zero-order chi connectivity index (χ0) is 29.4. The van der Waals surface area contributed by atoms with Crippen LogP contribution in [0.2, 0.25) is 0 Å². The molecule has 0 radical (unpaired) electrons. The molecular formula is C40H60N2O2. The van der Waals surface area contributed by atoms with Gasteiger partial charge >= 0.3 is 0 Å². The van der Waals surface area contributed by atoms with Crippen molar-refractivity contribution in [3.63, 3.8) is 0 Å². The highest BCUT2D eigenvalue weighted by Gasteiger charge is 2.62. The number of hydrogen-bond acceptors (Lipinski definition) is 4. The lowest BCUT2D eigenvalue weighted by atomic mass is 9.65. The quantitative estimate of drug-likeness (QED) is 0.304. The van der Waals surface area contributed by atoms with Crippen LogP contribution in [0.3, 0.4) is 0 Å². The minimum atomic E-state index is 0.458. The molecule has 0 aromatic rings. The molecule has 5 saturated carbocycles. The summed E-state index contributed by atoms with van der Waals surface area (Å²) in [4.78, 5) is 6.19. The second-order valence-corrected chi connectivity index (χ2v) is 18.5. The molecule has 242 valence electrons. The van der Waals surface area contributed by atoms with Gasteiger partial charge in [-0.05, 0) is 143 Å². The molecule has 44 heavy (non-hydrogen) atoms. The van der Waals surface area contributed by atoms with E-state index in [1.807, 2.05) is 5.57 Å². The molecule has 8 fully saturated rings. The fourth-order valence-corrected chi connectivity index (χ4v) is 14.1. The van der Waals surface area contributed by atoms with Crippen molar-refractivity contribution in [2.75, 3.05) is 0 Å². The average molecular weight is 601 g/mol. The predicted octanol–water partition coefficient (Wildman–Crippen LogP) is 8.12. The predicted molar refractivity (Wildman–Crippen MR) is 175 cm³/mol. The topological polar surface area (TPSA) is 24.9 Å². The van der Waals surface area contributed by atoms with E-state index in [4.69, 9.17) is 9.47 Å². The van der Waals surface area contributed by atoms with Crippen molar-refractivity contribution in [3.05, 3.63) is 22.9 Å². The van der Waals surface area contributed by atoms with E-state index in [2.05, 4.69) is 43.6 Å². The molecule has 4 heteroatoms. The second kappa shape index (κ2) is 10.3. The summed E-state index contributed by atoms with van der Waals surface area (Å²) in [5.74, 6) is 6.58. The monoisotopic (exact) mass is 600 g/mol. The highest BCUT2D eigenvalue weighted by Crippen LogP contribution is 2.59. The fraction of sp³-hybridized carbons (Fsp3) is 0.900. The number of rotatable bonds is 1. The van der Waals surface area contributed by atoms with Crippen molar-refractivity contribution in [1.29, 1.82) is 0 Å². The van der Waals surface area contributed by atoms with E-state index in [-0.39, 0.29) is 0 Å². The summed E-state index contributed by atoms with van der Waals surface area (Å²) in [6.45, 7) is 9.99. The van der Waals surface area contributed by atoms with Gasteiger partial charge in [0.2, 0.25) is 0 Å². The van der Waals surface area contributed by atoms with Crippen molar-refractivity contribution < 1.29 is 9.47 Å².